The number of H-pyrrole nitrogens is 1. The van der Waals surface area contributed by atoms with Crippen molar-refractivity contribution in [3.05, 3.63) is 48.5 Å². The lowest BCUT2D eigenvalue weighted by Gasteiger charge is -1.96. The van der Waals surface area contributed by atoms with Crippen molar-refractivity contribution in [1.29, 1.82) is 0 Å². The molecule has 0 amide bonds. The third-order valence-corrected chi connectivity index (χ3v) is 2.62. The van der Waals surface area contributed by atoms with Crippen molar-refractivity contribution in [1.82, 2.24) is 9.97 Å². The fraction of sp³-hybridized carbons (Fsp3) is 0. The summed E-state index contributed by atoms with van der Waals surface area (Å²) in [7, 11) is 0. The molecule has 3 nitrogen and oxygen atoms in total. The van der Waals surface area contributed by atoms with E-state index in [1.54, 1.807) is 24.4 Å². The minimum Gasteiger partial charge on any atom is -0.508 e. The number of fused-ring (bicyclic) bond motifs is 1. The van der Waals surface area contributed by atoms with Gasteiger partial charge >= 0.3 is 0 Å². The molecule has 0 saturated carbocycles. The van der Waals surface area contributed by atoms with E-state index < -0.39 is 0 Å². The molecule has 17 heavy (non-hydrogen) atoms. The van der Waals surface area contributed by atoms with E-state index >= 15 is 0 Å². The van der Waals surface area contributed by atoms with Gasteiger partial charge in [-0.15, -0.1) is 0 Å². The first-order valence-corrected chi connectivity index (χ1v) is 5.15. The summed E-state index contributed by atoms with van der Waals surface area (Å²) in [6.07, 6.45) is 2.76. The van der Waals surface area contributed by atoms with Crippen LogP contribution in [0.1, 0.15) is 0 Å². The Hall–Kier alpha value is -2.36. The molecule has 0 radical (unpaired) electrons. The van der Waals surface area contributed by atoms with E-state index in [0.717, 1.165) is 22.8 Å². The third kappa shape index (κ3) is 1.73. The van der Waals surface area contributed by atoms with E-state index in [4.69, 9.17) is 0 Å². The molecule has 84 valence electrons. The minimum atomic E-state index is -0.371. The number of nitrogens with one attached hydrogen (secondary N) is 1. The van der Waals surface area contributed by atoms with Gasteiger partial charge < -0.3 is 10.1 Å². The van der Waals surface area contributed by atoms with Crippen LogP contribution < -0.4 is 0 Å². The molecule has 2 heterocycles. The van der Waals surface area contributed by atoms with E-state index in [0.29, 0.717) is 5.56 Å². The Balaban J connectivity index is 2.18. The fourth-order valence-corrected chi connectivity index (χ4v) is 1.83. The normalized spacial score (nSPS) is 10.9. The fourth-order valence-electron chi connectivity index (χ4n) is 1.83. The second-order valence-corrected chi connectivity index (χ2v) is 3.85. The molecule has 3 aromatic rings. The van der Waals surface area contributed by atoms with Gasteiger partial charge in [0.05, 0.1) is 6.20 Å². The van der Waals surface area contributed by atoms with Gasteiger partial charge in [0.2, 0.25) is 0 Å². The maximum Gasteiger partial charge on any atom is 0.142 e. The number of halogens is 1. The zero-order chi connectivity index (χ0) is 11.8. The largest absolute Gasteiger partial charge is 0.508 e. The summed E-state index contributed by atoms with van der Waals surface area (Å²) < 4.78 is 13.1. The average Bonchev–Trinajstić information content (AvgIpc) is 2.72. The first-order chi connectivity index (χ1) is 8.22. The minimum absolute atomic E-state index is 0.209. The second-order valence-electron chi connectivity index (χ2n) is 3.85. The van der Waals surface area contributed by atoms with Gasteiger partial charge in [-0.3, -0.25) is 4.98 Å². The van der Waals surface area contributed by atoms with Crippen LogP contribution in [0.15, 0.2) is 42.7 Å². The van der Waals surface area contributed by atoms with E-state index in [2.05, 4.69) is 9.97 Å². The predicted molar refractivity (Wildman–Crippen MR) is 63.2 cm³/mol. The Bertz CT molecular complexity index is 691. The smallest absolute Gasteiger partial charge is 0.142 e. The second kappa shape index (κ2) is 3.59. The molecule has 2 N–H and O–H groups in total. The molecule has 0 aliphatic carbocycles. The highest BCUT2D eigenvalue weighted by Crippen LogP contribution is 2.26. The third-order valence-electron chi connectivity index (χ3n) is 2.62. The summed E-state index contributed by atoms with van der Waals surface area (Å²) in [5, 5.41) is 10.2. The summed E-state index contributed by atoms with van der Waals surface area (Å²) in [5.41, 5.74) is 2.35. The Morgan fingerprint density at radius 2 is 2.00 bits per heavy atom. The van der Waals surface area contributed by atoms with Crippen LogP contribution in [0.2, 0.25) is 0 Å². The topological polar surface area (TPSA) is 48.9 Å². The molecule has 0 atom stereocenters. The molecular weight excluding hydrogens is 219 g/mol. The average molecular weight is 228 g/mol. The number of benzene rings is 1. The molecule has 0 unspecified atom stereocenters. The highest BCUT2D eigenvalue weighted by molar-refractivity contribution is 5.86. The van der Waals surface area contributed by atoms with Crippen LogP contribution in [0.25, 0.3) is 22.2 Å². The Morgan fingerprint density at radius 3 is 2.82 bits per heavy atom. The number of aromatic hydroxyl groups is 1. The molecule has 3 rings (SSSR count). The highest BCUT2D eigenvalue weighted by atomic mass is 19.1. The van der Waals surface area contributed by atoms with Crippen molar-refractivity contribution in [2.75, 3.05) is 0 Å². The Kier molecular flexibility index (Phi) is 2.08. The van der Waals surface area contributed by atoms with Crippen LogP contribution in [0.3, 0.4) is 0 Å². The summed E-state index contributed by atoms with van der Waals surface area (Å²) >= 11 is 0. The molecular formula is C13H9FN2O. The van der Waals surface area contributed by atoms with Crippen molar-refractivity contribution in [3.8, 4) is 17.0 Å². The molecule has 0 aliphatic heterocycles. The number of hydrogen-bond donors (Lipinski definition) is 2. The first kappa shape index (κ1) is 9.84. The van der Waals surface area contributed by atoms with Crippen LogP contribution in [-0.4, -0.2) is 15.1 Å². The number of rotatable bonds is 1. The van der Waals surface area contributed by atoms with Crippen molar-refractivity contribution in [2.24, 2.45) is 0 Å². The molecule has 1 aromatic carbocycles. The number of aromatic nitrogens is 2. The van der Waals surface area contributed by atoms with Crippen molar-refractivity contribution >= 4 is 10.9 Å². The van der Waals surface area contributed by atoms with Crippen molar-refractivity contribution in [3.63, 3.8) is 0 Å². The van der Waals surface area contributed by atoms with Crippen LogP contribution in [0, 0.1) is 5.82 Å². The maximum absolute atomic E-state index is 13.1. The number of nitrogens with zero attached hydrogens (tertiary/aromatic N) is 1. The SMILES string of the molecule is Oc1ccc2[nH]c(-c3cncc(F)c3)cc2c1. The van der Waals surface area contributed by atoms with Gasteiger partial charge in [0.1, 0.15) is 11.6 Å². The Labute approximate surface area is 96.6 Å². The van der Waals surface area contributed by atoms with Crippen LogP contribution >= 0.6 is 0 Å². The Morgan fingerprint density at radius 1 is 1.12 bits per heavy atom. The summed E-state index contributed by atoms with van der Waals surface area (Å²) in [6, 6.07) is 8.30. The highest BCUT2D eigenvalue weighted by Gasteiger charge is 2.05. The molecule has 0 fully saturated rings. The van der Waals surface area contributed by atoms with Crippen LogP contribution in [0.4, 0.5) is 4.39 Å². The number of phenols is 1. The lowest BCUT2D eigenvalue weighted by molar-refractivity contribution is 0.476. The van der Waals surface area contributed by atoms with E-state index in [-0.39, 0.29) is 11.6 Å². The molecule has 0 saturated heterocycles. The monoisotopic (exact) mass is 228 g/mol. The zero-order valence-corrected chi connectivity index (χ0v) is 8.81. The molecule has 0 bridgehead atoms. The summed E-state index contributed by atoms with van der Waals surface area (Å²) in [5.74, 6) is -0.163. The van der Waals surface area contributed by atoms with E-state index in [1.807, 2.05) is 6.07 Å². The molecule has 0 spiro atoms. The maximum atomic E-state index is 13.1. The summed E-state index contributed by atoms with van der Waals surface area (Å²) in [6.45, 7) is 0. The molecule has 4 heteroatoms. The van der Waals surface area contributed by atoms with Gasteiger partial charge in [0, 0.05) is 28.4 Å². The number of aromatic amines is 1. The van der Waals surface area contributed by atoms with E-state index in [9.17, 15) is 9.50 Å². The van der Waals surface area contributed by atoms with Crippen LogP contribution in [0.5, 0.6) is 5.75 Å². The van der Waals surface area contributed by atoms with E-state index in [1.165, 1.54) is 6.07 Å². The zero-order valence-electron chi connectivity index (χ0n) is 8.81. The van der Waals surface area contributed by atoms with Crippen molar-refractivity contribution in [2.45, 2.75) is 0 Å². The van der Waals surface area contributed by atoms with Gasteiger partial charge in [0.15, 0.2) is 0 Å². The van der Waals surface area contributed by atoms with Gasteiger partial charge in [-0.2, -0.15) is 0 Å². The van der Waals surface area contributed by atoms with Gasteiger partial charge in [0.25, 0.3) is 0 Å². The quantitative estimate of drug-likeness (QED) is 0.672. The standard InChI is InChI=1S/C13H9FN2O/c14-10-3-9(6-15-7-10)13-5-8-4-11(17)1-2-12(8)16-13/h1-7,16-17H. The summed E-state index contributed by atoms with van der Waals surface area (Å²) in [4.78, 5) is 6.95. The number of pyridine rings is 1. The predicted octanol–water partition coefficient (Wildman–Crippen LogP) is 3.07. The van der Waals surface area contributed by atoms with Crippen LogP contribution in [-0.2, 0) is 0 Å². The first-order valence-electron chi connectivity index (χ1n) is 5.15. The molecule has 0 aliphatic rings. The lowest BCUT2D eigenvalue weighted by atomic mass is 10.2. The van der Waals surface area contributed by atoms with Crippen molar-refractivity contribution < 1.29 is 9.50 Å². The van der Waals surface area contributed by atoms with Gasteiger partial charge in [-0.05, 0) is 30.3 Å². The van der Waals surface area contributed by atoms with Gasteiger partial charge in [-0.1, -0.05) is 0 Å². The molecule has 2 aromatic heterocycles. The number of hydrogen-bond acceptors (Lipinski definition) is 2. The lowest BCUT2D eigenvalue weighted by Crippen LogP contribution is -1.82. The number of phenolic OH excluding ortho intramolecular Hbond substituents is 1. The van der Waals surface area contributed by atoms with Gasteiger partial charge in [-0.25, -0.2) is 4.39 Å².